The molecule has 9 nitrogen and oxygen atoms in total. The van der Waals surface area contributed by atoms with Crippen molar-refractivity contribution in [3.63, 3.8) is 0 Å². The molecule has 1 aliphatic rings. The Morgan fingerprint density at radius 2 is 2.00 bits per heavy atom. The largest absolute Gasteiger partial charge is 0.453 e. The van der Waals surface area contributed by atoms with Crippen molar-refractivity contribution >= 4 is 33.3 Å². The monoisotopic (exact) mass is 535 g/mol. The lowest BCUT2D eigenvalue weighted by Gasteiger charge is -2.28. The molecule has 1 fully saturated rings. The van der Waals surface area contributed by atoms with Crippen LogP contribution in [0, 0.1) is 17.1 Å². The Labute approximate surface area is 214 Å². The molecule has 12 heteroatoms. The molecule has 3 N–H and O–H groups in total. The normalized spacial score (nSPS) is 14.8. The number of hydrogen-bond donors (Lipinski definition) is 2. The molecular weight excluding hydrogens is 509 g/mol. The molecule has 1 heterocycles. The smallest absolute Gasteiger partial charge is 0.261 e. The van der Waals surface area contributed by atoms with Gasteiger partial charge < -0.3 is 10.1 Å². The van der Waals surface area contributed by atoms with E-state index in [1.807, 2.05) is 13.1 Å². The zero-order chi connectivity index (χ0) is 25.2. The summed E-state index contributed by atoms with van der Waals surface area (Å²) in [6.07, 6.45) is 3.92. The van der Waals surface area contributed by atoms with E-state index in [9.17, 15) is 22.9 Å². The summed E-state index contributed by atoms with van der Waals surface area (Å²) in [6.45, 7) is 1.21. The van der Waals surface area contributed by atoms with Gasteiger partial charge in [0.2, 0.25) is 10.0 Å². The molecule has 1 aliphatic carbocycles. The molecule has 0 amide bonds. The number of primary sulfonamides is 1. The van der Waals surface area contributed by atoms with Gasteiger partial charge in [0.15, 0.2) is 11.6 Å². The third-order valence-corrected chi connectivity index (χ3v) is 8.23. The number of sulfonamides is 1. The first-order valence-electron chi connectivity index (χ1n) is 11.3. The van der Waals surface area contributed by atoms with Crippen LogP contribution in [0.25, 0.3) is 10.9 Å². The molecule has 36 heavy (non-hydrogen) atoms. The van der Waals surface area contributed by atoms with Gasteiger partial charge in [-0.1, -0.05) is 18.9 Å². The molecular formula is C24H27ClFN5O4S. The maximum atomic E-state index is 14.9. The summed E-state index contributed by atoms with van der Waals surface area (Å²) >= 11 is 0. The Hall–Kier alpha value is -3.04. The lowest BCUT2D eigenvalue weighted by molar-refractivity contribution is 0.437. The maximum absolute atomic E-state index is 14.9. The first-order chi connectivity index (χ1) is 16.7. The van der Waals surface area contributed by atoms with Crippen LogP contribution in [0.2, 0.25) is 0 Å². The zero-order valence-corrected chi connectivity index (χ0v) is 21.3. The summed E-state index contributed by atoms with van der Waals surface area (Å²) in [7, 11) is -2.26. The number of fused-ring (bicyclic) bond motifs is 1. The molecule has 0 radical (unpaired) electrons. The van der Waals surface area contributed by atoms with E-state index in [0.29, 0.717) is 24.9 Å². The van der Waals surface area contributed by atoms with Gasteiger partial charge in [0.25, 0.3) is 5.56 Å². The minimum Gasteiger partial charge on any atom is -0.453 e. The highest BCUT2D eigenvalue weighted by atomic mass is 35.5. The van der Waals surface area contributed by atoms with E-state index in [1.165, 1.54) is 29.1 Å². The zero-order valence-electron chi connectivity index (χ0n) is 19.7. The van der Waals surface area contributed by atoms with E-state index in [4.69, 9.17) is 9.88 Å². The molecule has 0 saturated heterocycles. The van der Waals surface area contributed by atoms with Gasteiger partial charge in [-0.3, -0.25) is 9.36 Å². The molecule has 4 rings (SSSR count). The molecule has 1 saturated carbocycles. The number of aromatic nitrogens is 2. The lowest BCUT2D eigenvalue weighted by atomic mass is 9.91. The van der Waals surface area contributed by atoms with Gasteiger partial charge >= 0.3 is 0 Å². The van der Waals surface area contributed by atoms with Crippen LogP contribution >= 0.6 is 12.4 Å². The van der Waals surface area contributed by atoms with Crippen LogP contribution < -0.4 is 20.8 Å². The standard InChI is InChI=1S/C24H26FN5O4S.ClH/c1-28-11-4-12-30-15-29-21-8-5-16(13-17(21)23(30)31)34-22-18(14-26)19(6-7-20(22)25)24(35(27,32)33)9-2-3-10-24;/h5-8,13,15,28H,2-4,9-12H2,1H3,(H2,27,32,33);1H. The third kappa shape index (κ3) is 4.95. The lowest BCUT2D eigenvalue weighted by Crippen LogP contribution is -2.39. The van der Waals surface area contributed by atoms with Gasteiger partial charge in [-0.15, -0.1) is 12.4 Å². The Morgan fingerprint density at radius 3 is 2.64 bits per heavy atom. The van der Waals surface area contributed by atoms with Crippen LogP contribution in [0.1, 0.15) is 43.2 Å². The van der Waals surface area contributed by atoms with Gasteiger partial charge in [-0.05, 0) is 62.7 Å². The summed E-state index contributed by atoms with van der Waals surface area (Å²) in [4.78, 5) is 17.2. The number of ether oxygens (including phenoxy) is 1. The SMILES string of the molecule is CNCCCn1cnc2ccc(Oc3c(F)ccc(C4(S(N)(=O)=O)CCCC4)c3C#N)cc2c1=O.Cl. The van der Waals surface area contributed by atoms with E-state index in [2.05, 4.69) is 10.3 Å². The molecule has 2 aromatic carbocycles. The summed E-state index contributed by atoms with van der Waals surface area (Å²) in [5.74, 6) is -1.12. The second-order valence-electron chi connectivity index (χ2n) is 8.64. The van der Waals surface area contributed by atoms with Crippen molar-refractivity contribution in [2.45, 2.75) is 43.4 Å². The highest BCUT2D eigenvalue weighted by Gasteiger charge is 2.48. The average Bonchev–Trinajstić information content (AvgIpc) is 3.33. The van der Waals surface area contributed by atoms with Crippen LogP contribution in [0.15, 0.2) is 41.5 Å². The topological polar surface area (TPSA) is 140 Å². The van der Waals surface area contributed by atoms with E-state index in [0.717, 1.165) is 19.0 Å². The second kappa shape index (κ2) is 10.9. The number of nitrogens with zero attached hydrogens (tertiary/aromatic N) is 3. The maximum Gasteiger partial charge on any atom is 0.261 e. The number of nitrogens with two attached hydrogens (primary N) is 1. The third-order valence-electron chi connectivity index (χ3n) is 6.51. The highest BCUT2D eigenvalue weighted by Crippen LogP contribution is 2.47. The molecule has 0 bridgehead atoms. The first kappa shape index (κ1) is 27.5. The minimum atomic E-state index is -4.09. The predicted octanol–water partition coefficient (Wildman–Crippen LogP) is 3.29. The number of nitriles is 1. The summed E-state index contributed by atoms with van der Waals surface area (Å²) in [5.41, 5.74) is 0.0777. The fourth-order valence-electron chi connectivity index (χ4n) is 4.71. The Balaban J connectivity index is 0.00000361. The Kier molecular flexibility index (Phi) is 8.36. The fraction of sp³-hybridized carbons (Fsp3) is 0.375. The van der Waals surface area contributed by atoms with Crippen LogP contribution in [0.4, 0.5) is 4.39 Å². The van der Waals surface area contributed by atoms with Crippen molar-refractivity contribution in [3.8, 4) is 17.6 Å². The van der Waals surface area contributed by atoms with E-state index < -0.39 is 26.3 Å². The first-order valence-corrected chi connectivity index (χ1v) is 12.8. The highest BCUT2D eigenvalue weighted by molar-refractivity contribution is 7.90. The predicted molar refractivity (Wildman–Crippen MR) is 136 cm³/mol. The molecule has 192 valence electrons. The fourth-order valence-corrected chi connectivity index (χ4v) is 6.04. The molecule has 0 unspecified atom stereocenters. The number of aryl methyl sites for hydroxylation is 1. The average molecular weight is 536 g/mol. The van der Waals surface area contributed by atoms with Crippen LogP contribution in [-0.4, -0.2) is 31.6 Å². The van der Waals surface area contributed by atoms with Crippen molar-refractivity contribution in [1.82, 2.24) is 14.9 Å². The Bertz CT molecular complexity index is 1480. The quantitative estimate of drug-likeness (QED) is 0.422. The summed E-state index contributed by atoms with van der Waals surface area (Å²) in [5, 5.41) is 18.8. The molecule has 0 atom stereocenters. The summed E-state index contributed by atoms with van der Waals surface area (Å²) in [6, 6.07) is 8.81. The van der Waals surface area contributed by atoms with Gasteiger partial charge in [0.05, 0.1) is 17.2 Å². The molecule has 0 spiro atoms. The molecule has 3 aromatic rings. The number of hydrogen-bond acceptors (Lipinski definition) is 7. The van der Waals surface area contributed by atoms with Gasteiger partial charge in [-0.25, -0.2) is 22.9 Å². The second-order valence-corrected chi connectivity index (χ2v) is 10.5. The van der Waals surface area contributed by atoms with Crippen molar-refractivity contribution < 1.29 is 17.5 Å². The minimum absolute atomic E-state index is 0. The van der Waals surface area contributed by atoms with Gasteiger partial charge in [-0.2, -0.15) is 5.26 Å². The van der Waals surface area contributed by atoms with Crippen LogP contribution in [-0.2, 0) is 21.3 Å². The molecule has 0 aliphatic heterocycles. The van der Waals surface area contributed by atoms with E-state index in [-0.39, 0.29) is 53.1 Å². The number of halogens is 2. The number of rotatable bonds is 8. The van der Waals surface area contributed by atoms with Crippen LogP contribution in [0.5, 0.6) is 11.5 Å². The molecule has 1 aromatic heterocycles. The van der Waals surface area contributed by atoms with E-state index in [1.54, 1.807) is 6.07 Å². The van der Waals surface area contributed by atoms with Gasteiger partial charge in [0.1, 0.15) is 22.1 Å². The van der Waals surface area contributed by atoms with Crippen molar-refractivity contribution in [2.24, 2.45) is 5.14 Å². The Morgan fingerprint density at radius 1 is 1.28 bits per heavy atom. The number of benzene rings is 2. The van der Waals surface area contributed by atoms with Crippen LogP contribution in [0.3, 0.4) is 0 Å². The van der Waals surface area contributed by atoms with Crippen molar-refractivity contribution in [3.05, 3.63) is 64.0 Å². The van der Waals surface area contributed by atoms with Crippen molar-refractivity contribution in [1.29, 1.82) is 5.26 Å². The van der Waals surface area contributed by atoms with E-state index >= 15 is 0 Å². The number of nitrogens with one attached hydrogen (secondary N) is 1. The van der Waals surface area contributed by atoms with Crippen molar-refractivity contribution in [2.75, 3.05) is 13.6 Å². The summed E-state index contributed by atoms with van der Waals surface area (Å²) < 4.78 is 45.8. The van der Waals surface area contributed by atoms with Gasteiger partial charge in [0, 0.05) is 6.54 Å².